The molecule has 0 bridgehead atoms. The highest BCUT2D eigenvalue weighted by molar-refractivity contribution is 5.82. The number of carbonyl (C=O) groups is 2. The van der Waals surface area contributed by atoms with Crippen LogP contribution in [0.2, 0.25) is 0 Å². The number of aryl methyl sites for hydroxylation is 1. The lowest BCUT2D eigenvalue weighted by Crippen LogP contribution is -2.41. The van der Waals surface area contributed by atoms with Gasteiger partial charge in [0, 0.05) is 44.2 Å². The van der Waals surface area contributed by atoms with Crippen LogP contribution in [0.25, 0.3) is 0 Å². The minimum atomic E-state index is -0.728. The van der Waals surface area contributed by atoms with Gasteiger partial charge in [0.2, 0.25) is 5.91 Å². The topological polar surface area (TPSA) is 77.8 Å². The quantitative estimate of drug-likeness (QED) is 0.723. The maximum absolute atomic E-state index is 12.4. The number of nitrogens with zero attached hydrogens (tertiary/aromatic N) is 2. The molecule has 0 saturated carbocycles. The first-order chi connectivity index (χ1) is 11.1. The first-order valence-corrected chi connectivity index (χ1v) is 7.66. The molecule has 7 nitrogen and oxygen atoms in total. The van der Waals surface area contributed by atoms with E-state index in [0.717, 1.165) is 0 Å². The van der Waals surface area contributed by atoms with Crippen molar-refractivity contribution < 1.29 is 19.1 Å². The van der Waals surface area contributed by atoms with Gasteiger partial charge < -0.3 is 18.9 Å². The Bertz CT molecular complexity index is 670. The fourth-order valence-corrected chi connectivity index (χ4v) is 3.44. The molecule has 3 heterocycles. The number of esters is 1. The summed E-state index contributed by atoms with van der Waals surface area (Å²) in [4.78, 5) is 37.9. The maximum Gasteiger partial charge on any atom is 0.316 e. The van der Waals surface area contributed by atoms with Gasteiger partial charge in [-0.3, -0.25) is 14.4 Å². The second kappa shape index (κ2) is 6.16. The smallest absolute Gasteiger partial charge is 0.316 e. The molecule has 0 aromatic carbocycles. The zero-order valence-corrected chi connectivity index (χ0v) is 13.1. The minimum absolute atomic E-state index is 0.0154. The van der Waals surface area contributed by atoms with E-state index in [0.29, 0.717) is 32.8 Å². The standard InChI is InChI=1S/C16H20N2O5/c1-22-15(21)16-10-18(8-12(16)9-23-11-16)14(20)5-7-17-6-3-2-4-13(17)19/h2-4,6,12H,5,7-11H2,1H3/t12-,16-/m0/s1. The molecule has 2 aliphatic heterocycles. The molecule has 1 aromatic rings. The van der Waals surface area contributed by atoms with Gasteiger partial charge in [-0.25, -0.2) is 0 Å². The molecule has 0 N–H and O–H groups in total. The second-order valence-corrected chi connectivity index (χ2v) is 6.12. The summed E-state index contributed by atoms with van der Waals surface area (Å²) in [6, 6.07) is 4.90. The fourth-order valence-electron chi connectivity index (χ4n) is 3.44. The minimum Gasteiger partial charge on any atom is -0.468 e. The third kappa shape index (κ3) is 2.76. The van der Waals surface area contributed by atoms with E-state index in [2.05, 4.69) is 0 Å². The van der Waals surface area contributed by atoms with Crippen LogP contribution < -0.4 is 5.56 Å². The van der Waals surface area contributed by atoms with E-state index in [-0.39, 0.29) is 29.8 Å². The SMILES string of the molecule is COC(=O)[C@@]12COC[C@@H]1CN(C(=O)CCn1ccccc1=O)C2. The monoisotopic (exact) mass is 320 g/mol. The number of pyridine rings is 1. The molecule has 1 amide bonds. The number of hydrogen-bond donors (Lipinski definition) is 0. The largest absolute Gasteiger partial charge is 0.468 e. The Morgan fingerprint density at radius 3 is 3.00 bits per heavy atom. The third-order valence-electron chi connectivity index (χ3n) is 4.78. The van der Waals surface area contributed by atoms with Crippen molar-refractivity contribution in [3.05, 3.63) is 34.7 Å². The summed E-state index contributed by atoms with van der Waals surface area (Å²) in [6.07, 6.45) is 1.90. The highest BCUT2D eigenvalue weighted by Crippen LogP contribution is 2.42. The molecule has 2 atom stereocenters. The number of aromatic nitrogens is 1. The molecule has 2 fully saturated rings. The zero-order chi connectivity index (χ0) is 16.4. The van der Waals surface area contributed by atoms with Crippen molar-refractivity contribution in [3.8, 4) is 0 Å². The van der Waals surface area contributed by atoms with E-state index >= 15 is 0 Å². The molecule has 2 aliphatic rings. The van der Waals surface area contributed by atoms with Crippen LogP contribution in [0.3, 0.4) is 0 Å². The number of hydrogen-bond acceptors (Lipinski definition) is 5. The second-order valence-electron chi connectivity index (χ2n) is 6.12. The Labute approximate surface area is 133 Å². The number of ether oxygens (including phenoxy) is 2. The summed E-state index contributed by atoms with van der Waals surface area (Å²) in [5.41, 5.74) is -0.855. The average molecular weight is 320 g/mol. The number of carbonyl (C=O) groups excluding carboxylic acids is 2. The van der Waals surface area contributed by atoms with Crippen molar-refractivity contribution in [2.45, 2.75) is 13.0 Å². The molecule has 0 aliphatic carbocycles. The predicted molar refractivity (Wildman–Crippen MR) is 80.7 cm³/mol. The van der Waals surface area contributed by atoms with Crippen molar-refractivity contribution in [1.82, 2.24) is 9.47 Å². The first kappa shape index (κ1) is 15.7. The van der Waals surface area contributed by atoms with Crippen LogP contribution in [0.15, 0.2) is 29.2 Å². The average Bonchev–Trinajstić information content (AvgIpc) is 3.11. The zero-order valence-electron chi connectivity index (χ0n) is 13.1. The Hall–Kier alpha value is -2.15. The van der Waals surface area contributed by atoms with Crippen LogP contribution in [0.1, 0.15) is 6.42 Å². The van der Waals surface area contributed by atoms with E-state index in [1.807, 2.05) is 0 Å². The molecule has 1 aromatic heterocycles. The Balaban J connectivity index is 1.65. The van der Waals surface area contributed by atoms with Crippen LogP contribution in [-0.2, 0) is 25.6 Å². The normalized spacial score (nSPS) is 26.1. The van der Waals surface area contributed by atoms with E-state index in [1.165, 1.54) is 17.7 Å². The Morgan fingerprint density at radius 2 is 2.26 bits per heavy atom. The van der Waals surface area contributed by atoms with Crippen molar-refractivity contribution in [2.24, 2.45) is 11.3 Å². The molecule has 0 radical (unpaired) electrons. The summed E-state index contributed by atoms with van der Waals surface area (Å²) in [6.45, 7) is 1.93. The van der Waals surface area contributed by atoms with Gasteiger partial charge in [-0.05, 0) is 6.07 Å². The van der Waals surface area contributed by atoms with Gasteiger partial charge >= 0.3 is 5.97 Å². The summed E-state index contributed by atoms with van der Waals surface area (Å²) in [5, 5.41) is 0. The summed E-state index contributed by atoms with van der Waals surface area (Å²) in [5.74, 6) is -0.383. The predicted octanol–water partition coefficient (Wildman–Crippen LogP) is -0.114. The fraction of sp³-hybridized carbons (Fsp3) is 0.562. The molecular formula is C16H20N2O5. The van der Waals surface area contributed by atoms with E-state index in [9.17, 15) is 14.4 Å². The number of rotatable bonds is 4. The summed E-state index contributed by atoms with van der Waals surface area (Å²) in [7, 11) is 1.36. The van der Waals surface area contributed by atoms with Crippen molar-refractivity contribution >= 4 is 11.9 Å². The van der Waals surface area contributed by atoms with Crippen molar-refractivity contribution in [1.29, 1.82) is 0 Å². The highest BCUT2D eigenvalue weighted by Gasteiger charge is 2.57. The van der Waals surface area contributed by atoms with Crippen molar-refractivity contribution in [3.63, 3.8) is 0 Å². The third-order valence-corrected chi connectivity index (χ3v) is 4.78. The molecular weight excluding hydrogens is 300 g/mol. The molecule has 7 heteroatoms. The number of amides is 1. The lowest BCUT2D eigenvalue weighted by molar-refractivity contribution is -0.153. The van der Waals surface area contributed by atoms with Crippen LogP contribution in [0, 0.1) is 11.3 Å². The van der Waals surface area contributed by atoms with Gasteiger partial charge in [0.05, 0.1) is 20.3 Å². The van der Waals surface area contributed by atoms with Gasteiger partial charge in [-0.1, -0.05) is 6.07 Å². The number of likely N-dealkylation sites (tertiary alicyclic amines) is 1. The Morgan fingerprint density at radius 1 is 1.43 bits per heavy atom. The molecule has 0 unspecified atom stereocenters. The lowest BCUT2D eigenvalue weighted by atomic mass is 9.81. The molecule has 0 spiro atoms. The van der Waals surface area contributed by atoms with Gasteiger partial charge in [0.1, 0.15) is 5.41 Å². The molecule has 124 valence electrons. The summed E-state index contributed by atoms with van der Waals surface area (Å²) >= 11 is 0. The molecule has 2 saturated heterocycles. The molecule has 23 heavy (non-hydrogen) atoms. The van der Waals surface area contributed by atoms with Crippen LogP contribution in [0.5, 0.6) is 0 Å². The van der Waals surface area contributed by atoms with Gasteiger partial charge in [-0.2, -0.15) is 0 Å². The van der Waals surface area contributed by atoms with Gasteiger partial charge in [0.15, 0.2) is 0 Å². The van der Waals surface area contributed by atoms with Gasteiger partial charge in [0.25, 0.3) is 5.56 Å². The van der Waals surface area contributed by atoms with Crippen molar-refractivity contribution in [2.75, 3.05) is 33.4 Å². The Kier molecular flexibility index (Phi) is 4.21. The van der Waals surface area contributed by atoms with Gasteiger partial charge in [-0.15, -0.1) is 0 Å². The first-order valence-electron chi connectivity index (χ1n) is 7.66. The van der Waals surface area contributed by atoms with E-state index in [1.54, 1.807) is 23.2 Å². The van der Waals surface area contributed by atoms with E-state index < -0.39 is 5.41 Å². The maximum atomic E-state index is 12.4. The van der Waals surface area contributed by atoms with Crippen LogP contribution in [-0.4, -0.2) is 54.8 Å². The van der Waals surface area contributed by atoms with E-state index in [4.69, 9.17) is 9.47 Å². The van der Waals surface area contributed by atoms with Crippen LogP contribution in [0.4, 0.5) is 0 Å². The lowest BCUT2D eigenvalue weighted by Gasteiger charge is -2.23. The number of fused-ring (bicyclic) bond motifs is 1. The number of methoxy groups -OCH3 is 1. The summed E-state index contributed by atoms with van der Waals surface area (Å²) < 4.78 is 11.8. The highest BCUT2D eigenvalue weighted by atomic mass is 16.5. The van der Waals surface area contributed by atoms with Crippen LogP contribution >= 0.6 is 0 Å². The molecule has 3 rings (SSSR count).